The summed E-state index contributed by atoms with van der Waals surface area (Å²) in [6.45, 7) is 0. The summed E-state index contributed by atoms with van der Waals surface area (Å²) in [5.41, 5.74) is 1.55. The number of aromatic amines is 1. The lowest BCUT2D eigenvalue weighted by atomic mass is 10.2. The van der Waals surface area contributed by atoms with Crippen molar-refractivity contribution in [3.05, 3.63) is 51.5 Å². The van der Waals surface area contributed by atoms with Gasteiger partial charge in [0.25, 0.3) is 0 Å². The monoisotopic (exact) mass is 342 g/mol. The van der Waals surface area contributed by atoms with Crippen LogP contribution in [0.4, 0.5) is 8.78 Å². The van der Waals surface area contributed by atoms with E-state index in [1.807, 2.05) is 0 Å². The normalized spacial score (nSPS) is 11.2. The molecule has 0 unspecified atom stereocenters. The fraction of sp³-hybridized carbons (Fsp3) is 0. The summed E-state index contributed by atoms with van der Waals surface area (Å²) in [5, 5.41) is 0.537. The van der Waals surface area contributed by atoms with Gasteiger partial charge in [0.15, 0.2) is 11.6 Å². The van der Waals surface area contributed by atoms with E-state index in [0.717, 1.165) is 22.2 Å². The summed E-state index contributed by atoms with van der Waals surface area (Å²) in [5.74, 6) is -1.31. The smallest absolute Gasteiger partial charge is 0.161 e. The quantitative estimate of drug-likeness (QED) is 0.667. The Kier molecular flexibility index (Phi) is 3.03. The molecule has 0 amide bonds. The number of benzene rings is 2. The molecule has 1 aromatic heterocycles. The summed E-state index contributed by atoms with van der Waals surface area (Å²) >= 11 is 9.30. The van der Waals surface area contributed by atoms with Crippen LogP contribution < -0.4 is 0 Å². The molecular formula is C13H6BrClF2N2. The van der Waals surface area contributed by atoms with Gasteiger partial charge in [0.2, 0.25) is 0 Å². The van der Waals surface area contributed by atoms with Crippen molar-refractivity contribution in [3.8, 4) is 11.4 Å². The van der Waals surface area contributed by atoms with Crippen molar-refractivity contribution in [1.29, 1.82) is 0 Å². The topological polar surface area (TPSA) is 28.7 Å². The Bertz CT molecular complexity index is 747. The summed E-state index contributed by atoms with van der Waals surface area (Å²) < 4.78 is 27.0. The van der Waals surface area contributed by atoms with Crippen molar-refractivity contribution in [1.82, 2.24) is 9.97 Å². The highest BCUT2D eigenvalue weighted by molar-refractivity contribution is 9.10. The molecule has 0 saturated heterocycles. The first-order chi connectivity index (χ1) is 9.04. The number of nitrogens with zero attached hydrogens (tertiary/aromatic N) is 1. The molecule has 1 heterocycles. The number of halogens is 4. The molecular weight excluding hydrogens is 338 g/mol. The van der Waals surface area contributed by atoms with E-state index >= 15 is 0 Å². The van der Waals surface area contributed by atoms with Crippen LogP contribution in [0.25, 0.3) is 22.4 Å². The molecule has 0 aliphatic rings. The summed E-state index contributed by atoms with van der Waals surface area (Å²) in [7, 11) is 0. The van der Waals surface area contributed by atoms with Gasteiger partial charge in [-0.2, -0.15) is 0 Å². The van der Waals surface area contributed by atoms with E-state index < -0.39 is 11.6 Å². The first kappa shape index (κ1) is 12.6. The molecule has 0 saturated carbocycles. The Morgan fingerprint density at radius 1 is 1.11 bits per heavy atom. The lowest BCUT2D eigenvalue weighted by Crippen LogP contribution is -1.82. The minimum Gasteiger partial charge on any atom is -0.338 e. The Morgan fingerprint density at radius 2 is 1.84 bits per heavy atom. The second kappa shape index (κ2) is 4.58. The fourth-order valence-corrected chi connectivity index (χ4v) is 2.21. The Balaban J connectivity index is 2.17. The van der Waals surface area contributed by atoms with Crippen LogP contribution in [0.3, 0.4) is 0 Å². The molecule has 2 aromatic carbocycles. The summed E-state index contributed by atoms with van der Waals surface area (Å²) in [4.78, 5) is 7.15. The van der Waals surface area contributed by atoms with Crippen LogP contribution in [0.5, 0.6) is 0 Å². The molecule has 6 heteroatoms. The molecule has 1 N–H and O–H groups in total. The number of imidazole rings is 1. The molecule has 0 radical (unpaired) electrons. The van der Waals surface area contributed by atoms with Crippen LogP contribution in [0, 0.1) is 11.6 Å². The van der Waals surface area contributed by atoms with Crippen LogP contribution in [0.1, 0.15) is 0 Å². The average molecular weight is 344 g/mol. The lowest BCUT2D eigenvalue weighted by Gasteiger charge is -1.99. The Morgan fingerprint density at radius 3 is 2.58 bits per heavy atom. The standard InChI is InChI=1S/C13H6BrClF2N2/c14-7-2-1-6(3-8(7)15)13-18-11-4-9(16)10(17)5-12(11)19-13/h1-5H,(H,18,19). The molecule has 3 aromatic rings. The third kappa shape index (κ3) is 2.24. The van der Waals surface area contributed by atoms with E-state index in [9.17, 15) is 8.78 Å². The maximum atomic E-state index is 13.1. The number of rotatable bonds is 1. The van der Waals surface area contributed by atoms with E-state index in [4.69, 9.17) is 11.6 Å². The van der Waals surface area contributed by atoms with Gasteiger partial charge < -0.3 is 4.98 Å². The van der Waals surface area contributed by atoms with Gasteiger partial charge in [-0.25, -0.2) is 13.8 Å². The maximum Gasteiger partial charge on any atom is 0.161 e. The van der Waals surface area contributed by atoms with E-state index in [1.165, 1.54) is 0 Å². The highest BCUT2D eigenvalue weighted by Crippen LogP contribution is 2.29. The third-order valence-corrected chi connectivity index (χ3v) is 3.95. The third-order valence-electron chi connectivity index (χ3n) is 2.72. The summed E-state index contributed by atoms with van der Waals surface area (Å²) in [6.07, 6.45) is 0. The van der Waals surface area contributed by atoms with Crippen LogP contribution in [0.15, 0.2) is 34.8 Å². The Hall–Kier alpha value is -1.46. The van der Waals surface area contributed by atoms with Crippen molar-refractivity contribution < 1.29 is 8.78 Å². The van der Waals surface area contributed by atoms with Gasteiger partial charge in [-0.05, 0) is 28.1 Å². The fourth-order valence-electron chi connectivity index (χ4n) is 1.79. The number of nitrogens with one attached hydrogen (secondary N) is 1. The second-order valence-electron chi connectivity index (χ2n) is 4.00. The summed E-state index contributed by atoms with van der Waals surface area (Å²) in [6, 6.07) is 7.45. The van der Waals surface area contributed by atoms with Gasteiger partial charge >= 0.3 is 0 Å². The zero-order valence-electron chi connectivity index (χ0n) is 9.35. The molecule has 0 aliphatic heterocycles. The van der Waals surface area contributed by atoms with Gasteiger partial charge in [0.1, 0.15) is 5.82 Å². The zero-order chi connectivity index (χ0) is 13.6. The van der Waals surface area contributed by atoms with Crippen LogP contribution in [0.2, 0.25) is 5.02 Å². The van der Waals surface area contributed by atoms with Crippen molar-refractivity contribution in [2.75, 3.05) is 0 Å². The number of H-pyrrole nitrogens is 1. The van der Waals surface area contributed by atoms with Gasteiger partial charge in [0, 0.05) is 22.2 Å². The highest BCUT2D eigenvalue weighted by atomic mass is 79.9. The molecule has 0 bridgehead atoms. The van der Waals surface area contributed by atoms with Gasteiger partial charge in [-0.1, -0.05) is 17.7 Å². The number of aromatic nitrogens is 2. The molecule has 2 nitrogen and oxygen atoms in total. The van der Waals surface area contributed by atoms with Gasteiger partial charge in [-0.15, -0.1) is 0 Å². The van der Waals surface area contributed by atoms with Crippen molar-refractivity contribution >= 4 is 38.6 Å². The van der Waals surface area contributed by atoms with Crippen LogP contribution in [-0.4, -0.2) is 9.97 Å². The van der Waals surface area contributed by atoms with E-state index in [2.05, 4.69) is 25.9 Å². The SMILES string of the molecule is Fc1cc2nc(-c3ccc(Br)c(Cl)c3)[nH]c2cc1F. The van der Waals surface area contributed by atoms with Crippen molar-refractivity contribution in [2.24, 2.45) is 0 Å². The second-order valence-corrected chi connectivity index (χ2v) is 5.26. The lowest BCUT2D eigenvalue weighted by molar-refractivity contribution is 0.510. The first-order valence-corrected chi connectivity index (χ1v) is 6.52. The largest absolute Gasteiger partial charge is 0.338 e. The molecule has 96 valence electrons. The Labute approximate surface area is 120 Å². The van der Waals surface area contributed by atoms with E-state index in [-0.39, 0.29) is 0 Å². The molecule has 19 heavy (non-hydrogen) atoms. The number of hydrogen-bond acceptors (Lipinski definition) is 1. The minimum atomic E-state index is -0.917. The van der Waals surface area contributed by atoms with Crippen molar-refractivity contribution in [2.45, 2.75) is 0 Å². The molecule has 0 aliphatic carbocycles. The number of hydrogen-bond donors (Lipinski definition) is 1. The molecule has 0 atom stereocenters. The highest BCUT2D eigenvalue weighted by Gasteiger charge is 2.10. The minimum absolute atomic E-state index is 0.368. The first-order valence-electron chi connectivity index (χ1n) is 5.35. The van der Waals surface area contributed by atoms with E-state index in [0.29, 0.717) is 21.9 Å². The van der Waals surface area contributed by atoms with Crippen molar-refractivity contribution in [3.63, 3.8) is 0 Å². The molecule has 3 rings (SSSR count). The maximum absolute atomic E-state index is 13.1. The number of fused-ring (bicyclic) bond motifs is 1. The van der Waals surface area contributed by atoms with Gasteiger partial charge in [0.05, 0.1) is 16.1 Å². The molecule has 0 fully saturated rings. The van der Waals surface area contributed by atoms with Gasteiger partial charge in [-0.3, -0.25) is 0 Å². The zero-order valence-corrected chi connectivity index (χ0v) is 11.7. The van der Waals surface area contributed by atoms with E-state index in [1.54, 1.807) is 18.2 Å². The predicted molar refractivity (Wildman–Crippen MR) is 74.2 cm³/mol. The average Bonchev–Trinajstić information content (AvgIpc) is 2.76. The molecule has 0 spiro atoms. The van der Waals surface area contributed by atoms with Crippen LogP contribution >= 0.6 is 27.5 Å². The van der Waals surface area contributed by atoms with Crippen LogP contribution in [-0.2, 0) is 0 Å². The predicted octanol–water partition coefficient (Wildman–Crippen LogP) is 4.92.